The van der Waals surface area contributed by atoms with Gasteiger partial charge in [-0.15, -0.1) is 0 Å². The van der Waals surface area contributed by atoms with Gasteiger partial charge in [-0.05, 0) is 0 Å². The van der Waals surface area contributed by atoms with Gasteiger partial charge in [-0.25, -0.2) is 0 Å². The molecule has 0 atom stereocenters. The van der Waals surface area contributed by atoms with E-state index in [0.29, 0.717) is 0 Å². The van der Waals surface area contributed by atoms with Gasteiger partial charge in [0, 0.05) is 10.4 Å². The number of phosphoric acid groups is 2. The molecular formula is H10Ca4O17P2S. The summed E-state index contributed by atoms with van der Waals surface area (Å²) in [7, 11) is -15.9. The van der Waals surface area contributed by atoms with Gasteiger partial charge in [0.2, 0.25) is 0 Å². The molecule has 17 nitrogen and oxygen atoms in total. The van der Waals surface area contributed by atoms with E-state index in [2.05, 4.69) is 0 Å². The Morgan fingerprint density at radius 3 is 0.500 bits per heavy atom. The molecule has 0 aromatic heterocycles. The van der Waals surface area contributed by atoms with Crippen molar-refractivity contribution >= 4 is 177 Å². The summed E-state index contributed by atoms with van der Waals surface area (Å²) in [6.45, 7) is 0. The molecule has 0 rings (SSSR count). The fourth-order valence-electron chi connectivity index (χ4n) is 0. The third-order valence-corrected chi connectivity index (χ3v) is 0. The van der Waals surface area contributed by atoms with E-state index < -0.39 is 26.0 Å². The van der Waals surface area contributed by atoms with E-state index in [9.17, 15) is 0 Å². The van der Waals surface area contributed by atoms with E-state index in [0.717, 1.165) is 0 Å². The van der Waals surface area contributed by atoms with Gasteiger partial charge in [0.05, 0.1) is 0 Å². The van der Waals surface area contributed by atoms with Gasteiger partial charge in [0.1, 0.15) is 0 Å². The fourth-order valence-corrected chi connectivity index (χ4v) is 0. The third-order valence-electron chi connectivity index (χ3n) is 0. The second-order valence-electron chi connectivity index (χ2n) is 1.30. The molecule has 0 heterocycles. The molecule has 136 valence electrons. The normalized spacial score (nSPS) is 7.33. The van der Waals surface area contributed by atoms with Gasteiger partial charge < -0.3 is 75.0 Å². The zero-order valence-corrected chi connectivity index (χ0v) is 23.0. The number of hydrogen-bond acceptors (Lipinski definition) is 12. The summed E-state index contributed by atoms with van der Waals surface area (Å²) in [5.41, 5.74) is 0. The first-order valence-electron chi connectivity index (χ1n) is 2.13. The SMILES string of the molecule is O.O.O.O.O.O=P([O-])([O-])[O-].O=P([O-])([O-])[O-].O=S(=O)([O-])[O-].[Ca+2].[Ca+2].[Ca+2].[Ca+2]. The van der Waals surface area contributed by atoms with E-state index in [1.54, 1.807) is 0 Å². The van der Waals surface area contributed by atoms with Crippen LogP contribution in [-0.2, 0) is 19.5 Å². The Morgan fingerprint density at radius 2 is 0.500 bits per heavy atom. The van der Waals surface area contributed by atoms with Crippen LogP contribution in [0.3, 0.4) is 0 Å². The van der Waals surface area contributed by atoms with Crippen molar-refractivity contribution in [3.05, 3.63) is 0 Å². The molecule has 0 amide bonds. The minimum Gasteiger partial charge on any atom is -0.822 e. The third kappa shape index (κ3) is 745. The summed E-state index contributed by atoms with van der Waals surface area (Å²) in [6, 6.07) is 0. The van der Waals surface area contributed by atoms with Crippen LogP contribution in [-0.4, -0.2) is 196 Å². The van der Waals surface area contributed by atoms with Crippen molar-refractivity contribution in [2.24, 2.45) is 0 Å². The molecule has 0 radical (unpaired) electrons. The first kappa shape index (κ1) is 78.7. The van der Waals surface area contributed by atoms with Crippen LogP contribution >= 0.6 is 15.6 Å². The zero-order chi connectivity index (χ0) is 13.5. The van der Waals surface area contributed by atoms with Crippen LogP contribution in [0.1, 0.15) is 0 Å². The molecule has 24 heteroatoms. The quantitative estimate of drug-likeness (QED) is 0.120. The van der Waals surface area contributed by atoms with Gasteiger partial charge in [-0.2, -0.15) is 15.6 Å². The minimum absolute atomic E-state index is 0. The maximum atomic E-state index is 8.55. The molecule has 24 heavy (non-hydrogen) atoms. The summed E-state index contributed by atoms with van der Waals surface area (Å²) < 4.78 is 51.2. The van der Waals surface area contributed by atoms with Gasteiger partial charge in [0.25, 0.3) is 0 Å². The molecule has 0 unspecified atom stereocenters. The van der Waals surface area contributed by atoms with E-state index in [1.807, 2.05) is 0 Å². The predicted octanol–water partition coefficient (Wildman–Crippen LogP) is -12.6. The van der Waals surface area contributed by atoms with Crippen LogP contribution in [0.15, 0.2) is 0 Å². The zero-order valence-electron chi connectivity index (χ0n) is 11.5. The Labute approximate surface area is 255 Å². The largest absolute Gasteiger partial charge is 2.00 e. The molecule has 0 fully saturated rings. The Bertz CT molecular complexity index is 295. The van der Waals surface area contributed by atoms with Crippen LogP contribution in [0.2, 0.25) is 0 Å². The Balaban J connectivity index is -0.00000000758. The topological polar surface area (TPSA) is 410 Å². The molecule has 0 aliphatic rings. The molecule has 0 aromatic carbocycles. The maximum absolute atomic E-state index is 8.55. The van der Waals surface area contributed by atoms with Crippen molar-refractivity contribution in [1.82, 2.24) is 0 Å². The van der Waals surface area contributed by atoms with E-state index in [4.69, 9.17) is 56.0 Å². The van der Waals surface area contributed by atoms with E-state index >= 15 is 0 Å². The fraction of sp³-hybridized carbons (Fsp3) is 0. The second kappa shape index (κ2) is 38.5. The van der Waals surface area contributed by atoms with Crippen LogP contribution in [0.4, 0.5) is 0 Å². The monoisotopic (exact) mass is 536 g/mol. The van der Waals surface area contributed by atoms with Crippen molar-refractivity contribution in [1.29, 1.82) is 0 Å². The average Bonchev–Trinajstić information content (AvgIpc) is 1.41. The number of rotatable bonds is 0. The van der Waals surface area contributed by atoms with Gasteiger partial charge in [-0.3, -0.25) is 8.42 Å². The second-order valence-corrected chi connectivity index (χ2v) is 3.91. The van der Waals surface area contributed by atoms with Crippen molar-refractivity contribution in [2.45, 2.75) is 0 Å². The molecule has 0 aliphatic carbocycles. The molecule has 0 aromatic rings. The van der Waals surface area contributed by atoms with Gasteiger partial charge in [0.15, 0.2) is 0 Å². The summed E-state index contributed by atoms with van der Waals surface area (Å²) in [5.74, 6) is 0. The molecule has 0 spiro atoms. The smallest absolute Gasteiger partial charge is 0.822 e. The number of hydrogen-bond donors (Lipinski definition) is 0. The molecule has 0 saturated heterocycles. The van der Waals surface area contributed by atoms with Gasteiger partial charge in [-0.1, -0.05) is 0 Å². The molecule has 10 N–H and O–H groups in total. The average molecular weight is 536 g/mol. The maximum Gasteiger partial charge on any atom is 2.00 e. The van der Waals surface area contributed by atoms with Gasteiger partial charge >= 0.3 is 151 Å². The summed E-state index contributed by atoms with van der Waals surface area (Å²) in [4.78, 5) is 51.3. The first-order valence-corrected chi connectivity index (χ1v) is 6.38. The molecule has 0 saturated carbocycles. The summed E-state index contributed by atoms with van der Waals surface area (Å²) in [6.07, 6.45) is 0. The van der Waals surface area contributed by atoms with Crippen molar-refractivity contribution in [3.8, 4) is 0 Å². The van der Waals surface area contributed by atoms with E-state index in [1.165, 1.54) is 0 Å². The Kier molecular flexibility index (Phi) is 126. The van der Waals surface area contributed by atoms with E-state index in [-0.39, 0.29) is 178 Å². The van der Waals surface area contributed by atoms with Crippen molar-refractivity contribution in [3.63, 3.8) is 0 Å². The minimum atomic E-state index is -5.39. The van der Waals surface area contributed by atoms with Crippen LogP contribution in [0.25, 0.3) is 0 Å². The Morgan fingerprint density at radius 1 is 0.500 bits per heavy atom. The summed E-state index contributed by atoms with van der Waals surface area (Å²) >= 11 is 0. The first-order chi connectivity index (χ1) is 6.00. The molecule has 0 aliphatic heterocycles. The standard InChI is InChI=1S/4Ca.2H3O4P.H2O4S.5H2O/c;;;;3*1-5(2,3)4;;;;;/h;;;;2*(H3,1,2,3,4);(H2,1,2,3,4);5*1H2/q4*+2;;;;;;;;/p-8. The summed E-state index contributed by atoms with van der Waals surface area (Å²) in [5, 5.41) is 0. The Hall–Kier alpha value is 4.93. The van der Waals surface area contributed by atoms with Crippen LogP contribution in [0.5, 0.6) is 0 Å². The molecule has 0 bridgehead atoms. The van der Waals surface area contributed by atoms with Crippen molar-refractivity contribution < 1.29 is 83.4 Å². The molecular weight excluding hydrogens is 526 g/mol. The predicted molar refractivity (Wildman–Crippen MR) is 66.8 cm³/mol. The van der Waals surface area contributed by atoms with Crippen LogP contribution in [0, 0.1) is 0 Å². The van der Waals surface area contributed by atoms with Crippen molar-refractivity contribution in [2.75, 3.05) is 0 Å². The van der Waals surface area contributed by atoms with Crippen LogP contribution < -0.4 is 29.4 Å².